The SMILES string of the molecule is OCc1cccc(SCc2cccc(Cl)c2F)c1. The van der Waals surface area contributed by atoms with E-state index in [9.17, 15) is 4.39 Å². The van der Waals surface area contributed by atoms with Crippen molar-refractivity contribution in [2.45, 2.75) is 17.3 Å². The van der Waals surface area contributed by atoms with E-state index in [1.54, 1.807) is 12.1 Å². The van der Waals surface area contributed by atoms with Crippen LogP contribution in [0.15, 0.2) is 47.4 Å². The second kappa shape index (κ2) is 6.23. The van der Waals surface area contributed by atoms with E-state index in [1.165, 1.54) is 17.8 Å². The van der Waals surface area contributed by atoms with Crippen LogP contribution >= 0.6 is 23.4 Å². The molecule has 0 atom stereocenters. The Kier molecular flexibility index (Phi) is 4.64. The van der Waals surface area contributed by atoms with Gasteiger partial charge in [0.25, 0.3) is 0 Å². The minimum absolute atomic E-state index is 0.0138. The summed E-state index contributed by atoms with van der Waals surface area (Å²) in [5.74, 6) is 0.159. The van der Waals surface area contributed by atoms with Crippen molar-refractivity contribution in [2.24, 2.45) is 0 Å². The van der Waals surface area contributed by atoms with E-state index < -0.39 is 0 Å². The van der Waals surface area contributed by atoms with Crippen molar-refractivity contribution in [3.8, 4) is 0 Å². The van der Waals surface area contributed by atoms with E-state index in [4.69, 9.17) is 16.7 Å². The van der Waals surface area contributed by atoms with Gasteiger partial charge in [0.1, 0.15) is 5.82 Å². The fraction of sp³-hybridized carbons (Fsp3) is 0.143. The van der Waals surface area contributed by atoms with Crippen molar-refractivity contribution in [3.05, 3.63) is 64.4 Å². The molecule has 2 rings (SSSR count). The van der Waals surface area contributed by atoms with Crippen molar-refractivity contribution in [3.63, 3.8) is 0 Å². The predicted molar refractivity (Wildman–Crippen MR) is 73.3 cm³/mol. The molecule has 1 N–H and O–H groups in total. The molecule has 0 radical (unpaired) electrons. The lowest BCUT2D eigenvalue weighted by Crippen LogP contribution is -1.89. The van der Waals surface area contributed by atoms with Gasteiger partial charge in [-0.25, -0.2) is 4.39 Å². The van der Waals surface area contributed by atoms with E-state index in [0.717, 1.165) is 10.5 Å². The number of hydrogen-bond donors (Lipinski definition) is 1. The highest BCUT2D eigenvalue weighted by atomic mass is 35.5. The molecule has 2 aromatic rings. The van der Waals surface area contributed by atoms with Gasteiger partial charge in [0.2, 0.25) is 0 Å². The highest BCUT2D eigenvalue weighted by molar-refractivity contribution is 7.98. The smallest absolute Gasteiger partial charge is 0.145 e. The molecular formula is C14H12ClFOS. The summed E-state index contributed by atoms with van der Waals surface area (Å²) in [5, 5.41) is 9.19. The van der Waals surface area contributed by atoms with Crippen LogP contribution < -0.4 is 0 Å². The summed E-state index contributed by atoms with van der Waals surface area (Å²) < 4.78 is 13.7. The van der Waals surface area contributed by atoms with E-state index >= 15 is 0 Å². The molecule has 0 aliphatic heterocycles. The molecule has 18 heavy (non-hydrogen) atoms. The van der Waals surface area contributed by atoms with E-state index in [0.29, 0.717) is 11.3 Å². The Morgan fingerprint density at radius 1 is 1.17 bits per heavy atom. The van der Waals surface area contributed by atoms with Gasteiger partial charge in [-0.2, -0.15) is 0 Å². The summed E-state index contributed by atoms with van der Waals surface area (Å²) in [6.07, 6.45) is 0. The van der Waals surface area contributed by atoms with Crippen molar-refractivity contribution >= 4 is 23.4 Å². The lowest BCUT2D eigenvalue weighted by Gasteiger charge is -2.05. The quantitative estimate of drug-likeness (QED) is 0.846. The number of aliphatic hydroxyl groups excluding tert-OH is 1. The zero-order chi connectivity index (χ0) is 13.0. The van der Waals surface area contributed by atoms with Crippen LogP contribution in [0.5, 0.6) is 0 Å². The monoisotopic (exact) mass is 282 g/mol. The van der Waals surface area contributed by atoms with Gasteiger partial charge in [0.05, 0.1) is 11.6 Å². The largest absolute Gasteiger partial charge is 0.392 e. The molecule has 0 unspecified atom stereocenters. The zero-order valence-corrected chi connectivity index (χ0v) is 11.1. The highest BCUT2D eigenvalue weighted by Crippen LogP contribution is 2.27. The van der Waals surface area contributed by atoms with Gasteiger partial charge >= 0.3 is 0 Å². The Morgan fingerprint density at radius 2 is 1.94 bits per heavy atom. The zero-order valence-electron chi connectivity index (χ0n) is 9.57. The first-order valence-corrected chi connectivity index (χ1v) is 6.82. The van der Waals surface area contributed by atoms with Crippen LogP contribution in [0, 0.1) is 5.82 Å². The number of hydrogen-bond acceptors (Lipinski definition) is 2. The van der Waals surface area contributed by atoms with Gasteiger partial charge in [-0.15, -0.1) is 11.8 Å². The van der Waals surface area contributed by atoms with Gasteiger partial charge in [0, 0.05) is 10.6 Å². The summed E-state index contributed by atoms with van der Waals surface area (Å²) in [6.45, 7) is 0.0138. The first-order chi connectivity index (χ1) is 8.70. The minimum atomic E-state index is -0.357. The molecule has 0 spiro atoms. The van der Waals surface area contributed by atoms with E-state index in [1.807, 2.05) is 24.3 Å². The Bertz CT molecular complexity index is 545. The lowest BCUT2D eigenvalue weighted by atomic mass is 10.2. The average molecular weight is 283 g/mol. The second-order valence-electron chi connectivity index (χ2n) is 3.81. The predicted octanol–water partition coefficient (Wildman–Crippen LogP) is 4.26. The fourth-order valence-corrected chi connectivity index (χ4v) is 2.70. The number of benzene rings is 2. The molecular weight excluding hydrogens is 271 g/mol. The summed E-state index contributed by atoms with van der Waals surface area (Å²) in [5.41, 5.74) is 1.44. The fourth-order valence-electron chi connectivity index (χ4n) is 1.55. The molecule has 0 amide bonds. The Morgan fingerprint density at radius 3 is 2.72 bits per heavy atom. The standard InChI is InChI=1S/C14H12ClFOS/c15-13-6-2-4-11(14(13)16)9-18-12-5-1-3-10(7-12)8-17/h1-7,17H,8-9H2. The van der Waals surface area contributed by atoms with E-state index in [2.05, 4.69) is 0 Å². The maximum atomic E-state index is 13.7. The topological polar surface area (TPSA) is 20.2 Å². The van der Waals surface area contributed by atoms with Crippen LogP contribution in [0.4, 0.5) is 4.39 Å². The van der Waals surface area contributed by atoms with Crippen LogP contribution in [0.3, 0.4) is 0 Å². The van der Waals surface area contributed by atoms with Crippen molar-refractivity contribution in [2.75, 3.05) is 0 Å². The number of rotatable bonds is 4. The van der Waals surface area contributed by atoms with Crippen molar-refractivity contribution in [1.82, 2.24) is 0 Å². The van der Waals surface area contributed by atoms with Crippen LogP contribution in [-0.4, -0.2) is 5.11 Å². The first kappa shape index (κ1) is 13.4. The van der Waals surface area contributed by atoms with Gasteiger partial charge in [0.15, 0.2) is 0 Å². The minimum Gasteiger partial charge on any atom is -0.392 e. The summed E-state index contributed by atoms with van der Waals surface area (Å²) in [7, 11) is 0. The second-order valence-corrected chi connectivity index (χ2v) is 5.26. The molecule has 0 heterocycles. The number of aliphatic hydroxyl groups is 1. The molecule has 94 valence electrons. The molecule has 0 fully saturated rings. The molecule has 0 aliphatic carbocycles. The maximum absolute atomic E-state index is 13.7. The number of thioether (sulfide) groups is 1. The third kappa shape index (κ3) is 3.25. The molecule has 0 saturated carbocycles. The third-order valence-electron chi connectivity index (χ3n) is 2.51. The Hall–Kier alpha value is -1.03. The molecule has 0 aromatic heterocycles. The van der Waals surface area contributed by atoms with Gasteiger partial charge in [-0.3, -0.25) is 0 Å². The van der Waals surface area contributed by atoms with Crippen LogP contribution in [0.25, 0.3) is 0 Å². The molecule has 0 aliphatic rings. The Labute approximate surface area is 115 Å². The van der Waals surface area contributed by atoms with Crippen molar-refractivity contribution < 1.29 is 9.50 Å². The molecule has 0 saturated heterocycles. The average Bonchev–Trinajstić information content (AvgIpc) is 2.41. The Balaban J connectivity index is 2.09. The van der Waals surface area contributed by atoms with Crippen LogP contribution in [-0.2, 0) is 12.4 Å². The third-order valence-corrected chi connectivity index (χ3v) is 3.84. The normalized spacial score (nSPS) is 10.6. The van der Waals surface area contributed by atoms with Crippen molar-refractivity contribution in [1.29, 1.82) is 0 Å². The maximum Gasteiger partial charge on any atom is 0.145 e. The van der Waals surface area contributed by atoms with E-state index in [-0.39, 0.29) is 17.4 Å². The molecule has 0 bridgehead atoms. The molecule has 1 nitrogen and oxygen atoms in total. The molecule has 4 heteroatoms. The first-order valence-electron chi connectivity index (χ1n) is 5.46. The van der Waals surface area contributed by atoms with Gasteiger partial charge in [-0.1, -0.05) is 35.9 Å². The van der Waals surface area contributed by atoms with Gasteiger partial charge in [-0.05, 0) is 29.3 Å². The van der Waals surface area contributed by atoms with Gasteiger partial charge < -0.3 is 5.11 Å². The summed E-state index contributed by atoms with van der Waals surface area (Å²) in [4.78, 5) is 1.00. The lowest BCUT2D eigenvalue weighted by molar-refractivity contribution is 0.281. The number of halogens is 2. The van der Waals surface area contributed by atoms with Crippen LogP contribution in [0.1, 0.15) is 11.1 Å². The van der Waals surface area contributed by atoms with Crippen LogP contribution in [0.2, 0.25) is 5.02 Å². The summed E-state index contributed by atoms with van der Waals surface area (Å²) >= 11 is 7.24. The highest BCUT2D eigenvalue weighted by Gasteiger charge is 2.06. The molecule has 2 aromatic carbocycles. The summed E-state index contributed by atoms with van der Waals surface area (Å²) in [6, 6.07) is 12.6.